The fourth-order valence-electron chi connectivity index (χ4n) is 2.21. The smallest absolute Gasteiger partial charge is 0.191 e. The molecule has 0 fully saturated rings. The summed E-state index contributed by atoms with van der Waals surface area (Å²) in [5.41, 5.74) is 2.27. The lowest BCUT2D eigenvalue weighted by molar-refractivity contribution is 0.358. The van der Waals surface area contributed by atoms with Crippen LogP contribution >= 0.6 is 0 Å². The minimum atomic E-state index is 0.499. The van der Waals surface area contributed by atoms with Gasteiger partial charge in [-0.1, -0.05) is 61.2 Å². The summed E-state index contributed by atoms with van der Waals surface area (Å²) in [6.07, 6.45) is 1.75. The molecule has 2 N–H and O–H groups in total. The zero-order valence-electron chi connectivity index (χ0n) is 14.2. The van der Waals surface area contributed by atoms with Gasteiger partial charge in [0.25, 0.3) is 0 Å². The van der Waals surface area contributed by atoms with Gasteiger partial charge in [0.1, 0.15) is 12.4 Å². The van der Waals surface area contributed by atoms with Gasteiger partial charge in [-0.2, -0.15) is 0 Å². The summed E-state index contributed by atoms with van der Waals surface area (Å²) in [6, 6.07) is 18.2. The number of nitrogens with zero attached hydrogens (tertiary/aromatic N) is 1. The summed E-state index contributed by atoms with van der Waals surface area (Å²) in [5.74, 6) is 1.66. The first-order valence-electron chi connectivity index (χ1n) is 8.21. The summed E-state index contributed by atoms with van der Waals surface area (Å²) in [4.78, 5) is 4.63. The first-order chi connectivity index (χ1) is 11.8. The van der Waals surface area contributed by atoms with E-state index in [1.165, 1.54) is 5.56 Å². The van der Waals surface area contributed by atoms with Gasteiger partial charge in [-0.15, -0.1) is 0 Å². The lowest BCUT2D eigenvalue weighted by Gasteiger charge is -2.14. The predicted molar refractivity (Wildman–Crippen MR) is 100 cm³/mol. The van der Waals surface area contributed by atoms with Crippen molar-refractivity contribution in [1.82, 2.24) is 10.6 Å². The number of benzene rings is 2. The summed E-state index contributed by atoms with van der Waals surface area (Å²) >= 11 is 0. The lowest BCUT2D eigenvalue weighted by Crippen LogP contribution is -2.36. The normalized spacial score (nSPS) is 11.0. The van der Waals surface area contributed by atoms with E-state index in [4.69, 9.17) is 4.74 Å². The molecule has 0 aliphatic rings. The largest absolute Gasteiger partial charge is 0.489 e. The molecule has 0 spiro atoms. The van der Waals surface area contributed by atoms with Gasteiger partial charge in [-0.25, -0.2) is 4.99 Å². The van der Waals surface area contributed by atoms with Crippen LogP contribution in [0.1, 0.15) is 18.1 Å². The van der Waals surface area contributed by atoms with Gasteiger partial charge < -0.3 is 15.4 Å². The van der Waals surface area contributed by atoms with Crippen LogP contribution in [0.5, 0.6) is 5.75 Å². The van der Waals surface area contributed by atoms with E-state index in [0.717, 1.165) is 23.8 Å². The SMILES string of the molecule is C=CCOc1ccccc1CNC(=NCc1ccccc1)NCC. The number of nitrogens with one attached hydrogen (secondary N) is 2. The van der Waals surface area contributed by atoms with Gasteiger partial charge in [0, 0.05) is 18.7 Å². The average Bonchev–Trinajstić information content (AvgIpc) is 2.64. The van der Waals surface area contributed by atoms with Gasteiger partial charge in [-0.05, 0) is 18.6 Å². The van der Waals surface area contributed by atoms with Crippen LogP contribution in [-0.4, -0.2) is 19.1 Å². The Bertz CT molecular complexity index is 653. The molecule has 0 bridgehead atoms. The highest BCUT2D eigenvalue weighted by Crippen LogP contribution is 2.17. The van der Waals surface area contributed by atoms with Crippen LogP contribution in [0.25, 0.3) is 0 Å². The van der Waals surface area contributed by atoms with E-state index in [2.05, 4.69) is 41.3 Å². The zero-order chi connectivity index (χ0) is 17.0. The first kappa shape index (κ1) is 17.6. The second kappa shape index (κ2) is 10.1. The standard InChI is InChI=1S/C20H25N3O/c1-3-14-24-19-13-9-8-12-18(19)16-23-20(21-4-2)22-15-17-10-6-5-7-11-17/h3,5-13H,1,4,14-16H2,2H3,(H2,21,22,23). The van der Waals surface area contributed by atoms with Crippen LogP contribution in [0.2, 0.25) is 0 Å². The fourth-order valence-corrected chi connectivity index (χ4v) is 2.21. The molecule has 0 aliphatic carbocycles. The van der Waals surface area contributed by atoms with Crippen LogP contribution in [0.15, 0.2) is 72.2 Å². The molecule has 0 saturated carbocycles. The van der Waals surface area contributed by atoms with E-state index in [1.807, 2.05) is 42.5 Å². The summed E-state index contributed by atoms with van der Waals surface area (Å²) < 4.78 is 5.69. The Kier molecular flexibility index (Phi) is 7.41. The monoisotopic (exact) mass is 323 g/mol. The number of hydrogen-bond donors (Lipinski definition) is 2. The molecule has 0 radical (unpaired) electrons. The van der Waals surface area contributed by atoms with Gasteiger partial charge >= 0.3 is 0 Å². The van der Waals surface area contributed by atoms with E-state index in [0.29, 0.717) is 19.7 Å². The molecule has 0 aliphatic heterocycles. The van der Waals surface area contributed by atoms with Crippen molar-refractivity contribution in [2.24, 2.45) is 4.99 Å². The van der Waals surface area contributed by atoms with Crippen LogP contribution in [0, 0.1) is 0 Å². The average molecular weight is 323 g/mol. The van der Waals surface area contributed by atoms with E-state index < -0.39 is 0 Å². The molecule has 24 heavy (non-hydrogen) atoms. The summed E-state index contributed by atoms with van der Waals surface area (Å²) in [6.45, 7) is 8.35. The Morgan fingerprint density at radius 1 is 1.08 bits per heavy atom. The molecule has 2 aromatic rings. The van der Waals surface area contributed by atoms with Crippen LogP contribution in [0.4, 0.5) is 0 Å². The number of aliphatic imine (C=N–C) groups is 1. The molecule has 0 amide bonds. The third-order valence-corrected chi connectivity index (χ3v) is 3.38. The molecule has 4 heteroatoms. The zero-order valence-corrected chi connectivity index (χ0v) is 14.2. The van der Waals surface area contributed by atoms with Gasteiger partial charge in [0.2, 0.25) is 0 Å². The first-order valence-corrected chi connectivity index (χ1v) is 8.21. The number of guanidine groups is 1. The molecule has 126 valence electrons. The molecule has 4 nitrogen and oxygen atoms in total. The second-order valence-corrected chi connectivity index (χ2v) is 5.24. The Hall–Kier alpha value is -2.75. The van der Waals surface area contributed by atoms with E-state index in [1.54, 1.807) is 6.08 Å². The van der Waals surface area contributed by atoms with Crippen LogP contribution in [-0.2, 0) is 13.1 Å². The highest BCUT2D eigenvalue weighted by molar-refractivity contribution is 5.79. The van der Waals surface area contributed by atoms with Crippen molar-refractivity contribution in [3.8, 4) is 5.75 Å². The highest BCUT2D eigenvalue weighted by Gasteiger charge is 2.04. The predicted octanol–water partition coefficient (Wildman–Crippen LogP) is 3.51. The molecular formula is C20H25N3O. The summed E-state index contributed by atoms with van der Waals surface area (Å²) in [7, 11) is 0. The van der Waals surface area contributed by atoms with Gasteiger partial charge in [0.05, 0.1) is 6.54 Å². The maximum Gasteiger partial charge on any atom is 0.191 e. The Balaban J connectivity index is 1.99. The van der Waals surface area contributed by atoms with E-state index in [9.17, 15) is 0 Å². The second-order valence-electron chi connectivity index (χ2n) is 5.24. The van der Waals surface area contributed by atoms with Gasteiger partial charge in [0.15, 0.2) is 5.96 Å². The molecule has 0 saturated heterocycles. The Morgan fingerprint density at radius 2 is 1.83 bits per heavy atom. The molecule has 2 aromatic carbocycles. The molecule has 0 unspecified atom stereocenters. The van der Waals surface area contributed by atoms with Crippen molar-refractivity contribution in [2.45, 2.75) is 20.0 Å². The third kappa shape index (κ3) is 5.80. The quantitative estimate of drug-likeness (QED) is 0.444. The van der Waals surface area contributed by atoms with Crippen LogP contribution in [0.3, 0.4) is 0 Å². The van der Waals surface area contributed by atoms with Crippen molar-refractivity contribution in [1.29, 1.82) is 0 Å². The molecular weight excluding hydrogens is 298 g/mol. The van der Waals surface area contributed by atoms with E-state index >= 15 is 0 Å². The van der Waals surface area contributed by atoms with Gasteiger partial charge in [-0.3, -0.25) is 0 Å². The molecule has 0 aromatic heterocycles. The maximum atomic E-state index is 5.69. The topological polar surface area (TPSA) is 45.6 Å². The molecule has 0 atom stereocenters. The number of ether oxygens (including phenoxy) is 1. The minimum Gasteiger partial charge on any atom is -0.489 e. The fraction of sp³-hybridized carbons (Fsp3) is 0.250. The lowest BCUT2D eigenvalue weighted by atomic mass is 10.2. The minimum absolute atomic E-state index is 0.499. The number of para-hydroxylation sites is 1. The van der Waals surface area contributed by atoms with E-state index in [-0.39, 0.29) is 0 Å². The van der Waals surface area contributed by atoms with Crippen molar-refractivity contribution in [2.75, 3.05) is 13.2 Å². The van der Waals surface area contributed by atoms with Crippen molar-refractivity contribution in [3.05, 3.63) is 78.4 Å². The number of rotatable bonds is 8. The van der Waals surface area contributed by atoms with Crippen molar-refractivity contribution < 1.29 is 4.74 Å². The number of hydrogen-bond acceptors (Lipinski definition) is 2. The third-order valence-electron chi connectivity index (χ3n) is 3.38. The maximum absolute atomic E-state index is 5.69. The Morgan fingerprint density at radius 3 is 2.58 bits per heavy atom. The Labute approximate surface area is 144 Å². The summed E-state index contributed by atoms with van der Waals surface area (Å²) in [5, 5.41) is 6.62. The van der Waals surface area contributed by atoms with Crippen molar-refractivity contribution >= 4 is 5.96 Å². The van der Waals surface area contributed by atoms with Crippen molar-refractivity contribution in [3.63, 3.8) is 0 Å². The molecule has 0 heterocycles. The van der Waals surface area contributed by atoms with Crippen LogP contribution < -0.4 is 15.4 Å². The molecule has 2 rings (SSSR count). The highest BCUT2D eigenvalue weighted by atomic mass is 16.5.